The Hall–Kier alpha value is -7.50. The molecule has 2 aliphatic rings. The van der Waals surface area contributed by atoms with Crippen LogP contribution in [0.2, 0.25) is 0 Å². The molecule has 8 heterocycles. The SMILES string of the molecule is C[C@@H]1CCC[C@H](C)N1c1ccc(-c2cnc3c(-c4ccnc5ccccc45)cnn3c2)cc1.C[C@@H]1CNC[C@H](C)N1c1ccc(-c2cnc3c(-c4ccnc5ccccc45)cnn3c2)cc1. The first-order chi connectivity index (χ1) is 32.4. The first kappa shape index (κ1) is 41.2. The van der Waals surface area contributed by atoms with Crippen LogP contribution in [0, 0.1) is 0 Å². The molecule has 2 fully saturated rings. The standard InChI is InChI=1S/C28H27N5.C27H26N6/c1-19-6-5-7-20(2)33(19)23-12-10-21(11-13-23)22-16-30-28-26(17-31-32(28)18-22)24-14-15-29-27-9-4-3-8-25(24)27;1-18-13-28-14-19(2)33(18)22-9-7-20(8-10-22)21-15-30-27-25(16-31-32(27)17-21)23-11-12-29-26-6-4-3-5-24(23)26/h3-4,8-20H,5-7H2,1-2H3;3-12,15-19,28H,13-14H2,1-2H3/t19-,20+;18-,19+. The quantitative estimate of drug-likeness (QED) is 0.175. The van der Waals surface area contributed by atoms with Crippen LogP contribution in [0.5, 0.6) is 0 Å². The molecule has 0 radical (unpaired) electrons. The molecule has 1 N–H and O–H groups in total. The summed E-state index contributed by atoms with van der Waals surface area (Å²) in [6.45, 7) is 11.2. The van der Waals surface area contributed by atoms with Crippen LogP contribution in [0.4, 0.5) is 11.4 Å². The van der Waals surface area contributed by atoms with Crippen LogP contribution in [0.25, 0.3) is 77.6 Å². The average Bonchev–Trinajstić information content (AvgIpc) is 3.98. The highest BCUT2D eigenvalue weighted by atomic mass is 15.3. The zero-order valence-corrected chi connectivity index (χ0v) is 37.8. The molecule has 0 saturated carbocycles. The van der Waals surface area contributed by atoms with Crippen molar-refractivity contribution < 1.29 is 0 Å². The molecule has 11 nitrogen and oxygen atoms in total. The van der Waals surface area contributed by atoms with E-state index < -0.39 is 0 Å². The van der Waals surface area contributed by atoms with Gasteiger partial charge in [-0.2, -0.15) is 10.2 Å². The molecule has 11 heteroatoms. The summed E-state index contributed by atoms with van der Waals surface area (Å²) in [5.41, 5.74) is 14.8. The van der Waals surface area contributed by atoms with Gasteiger partial charge in [0.1, 0.15) is 0 Å². The van der Waals surface area contributed by atoms with E-state index in [0.717, 1.165) is 90.7 Å². The van der Waals surface area contributed by atoms with E-state index in [0.29, 0.717) is 24.2 Å². The zero-order chi connectivity index (χ0) is 44.7. The number of pyridine rings is 2. The van der Waals surface area contributed by atoms with Crippen molar-refractivity contribution >= 4 is 44.5 Å². The van der Waals surface area contributed by atoms with E-state index in [-0.39, 0.29) is 0 Å². The highest BCUT2D eigenvalue weighted by Crippen LogP contribution is 2.35. The number of piperazine rings is 1. The first-order valence-electron chi connectivity index (χ1n) is 23.2. The van der Waals surface area contributed by atoms with Gasteiger partial charge in [0, 0.05) is 119 Å². The number of aromatic nitrogens is 8. The van der Waals surface area contributed by atoms with Gasteiger partial charge in [0.05, 0.1) is 23.4 Å². The maximum absolute atomic E-state index is 4.81. The number of hydrogen-bond acceptors (Lipinski definition) is 9. The lowest BCUT2D eigenvalue weighted by molar-refractivity contribution is 0.414. The minimum atomic E-state index is 0.476. The van der Waals surface area contributed by atoms with Crippen molar-refractivity contribution in [3.05, 3.63) is 159 Å². The normalized spacial score (nSPS) is 18.8. The molecule has 0 spiro atoms. The molecular weight excluding hydrogens is 815 g/mol. The molecule has 4 atom stereocenters. The third kappa shape index (κ3) is 7.68. The van der Waals surface area contributed by atoms with Gasteiger partial charge in [0.15, 0.2) is 11.3 Å². The van der Waals surface area contributed by atoms with E-state index in [1.807, 2.05) is 94.7 Å². The van der Waals surface area contributed by atoms with Crippen LogP contribution in [-0.2, 0) is 0 Å². The summed E-state index contributed by atoms with van der Waals surface area (Å²) in [7, 11) is 0. The van der Waals surface area contributed by atoms with Crippen molar-refractivity contribution in [2.45, 2.75) is 71.1 Å². The van der Waals surface area contributed by atoms with Crippen LogP contribution >= 0.6 is 0 Å². The number of benzene rings is 4. The lowest BCUT2D eigenvalue weighted by Crippen LogP contribution is -2.55. The lowest BCUT2D eigenvalue weighted by atomic mass is 9.96. The highest BCUT2D eigenvalue weighted by molar-refractivity contribution is 5.98. The largest absolute Gasteiger partial charge is 0.366 e. The molecule has 66 heavy (non-hydrogen) atoms. The number of rotatable bonds is 6. The molecule has 0 aliphatic carbocycles. The van der Waals surface area contributed by atoms with Gasteiger partial charge >= 0.3 is 0 Å². The number of nitrogens with zero attached hydrogens (tertiary/aromatic N) is 10. The second-order valence-electron chi connectivity index (χ2n) is 18.0. The van der Waals surface area contributed by atoms with Crippen molar-refractivity contribution in [3.63, 3.8) is 0 Å². The Kier molecular flexibility index (Phi) is 10.9. The number of anilines is 2. The maximum Gasteiger partial charge on any atom is 0.162 e. The number of fused-ring (bicyclic) bond motifs is 4. The Bertz CT molecular complexity index is 3070. The number of hydrogen-bond donors (Lipinski definition) is 1. The monoisotopic (exact) mass is 867 g/mol. The van der Waals surface area contributed by atoms with E-state index in [4.69, 9.17) is 9.97 Å². The first-order valence-corrected chi connectivity index (χ1v) is 23.2. The van der Waals surface area contributed by atoms with Crippen molar-refractivity contribution in [3.8, 4) is 44.5 Å². The number of piperidine rings is 1. The second-order valence-corrected chi connectivity index (χ2v) is 18.0. The smallest absolute Gasteiger partial charge is 0.162 e. The van der Waals surface area contributed by atoms with Crippen molar-refractivity contribution in [1.29, 1.82) is 0 Å². The van der Waals surface area contributed by atoms with Crippen molar-refractivity contribution in [1.82, 2.24) is 44.5 Å². The van der Waals surface area contributed by atoms with E-state index in [9.17, 15) is 0 Å². The molecule has 0 unspecified atom stereocenters. The van der Waals surface area contributed by atoms with Crippen molar-refractivity contribution in [2.24, 2.45) is 0 Å². The molecule has 10 aromatic rings. The van der Waals surface area contributed by atoms with Gasteiger partial charge in [-0.1, -0.05) is 60.7 Å². The van der Waals surface area contributed by atoms with Gasteiger partial charge in [0.25, 0.3) is 0 Å². The maximum atomic E-state index is 4.81. The second kappa shape index (κ2) is 17.5. The zero-order valence-electron chi connectivity index (χ0n) is 37.8. The summed E-state index contributed by atoms with van der Waals surface area (Å²) >= 11 is 0. The van der Waals surface area contributed by atoms with E-state index >= 15 is 0 Å². The fourth-order valence-corrected chi connectivity index (χ4v) is 10.3. The topological polar surface area (TPSA) is 105 Å². The predicted octanol–water partition coefficient (Wildman–Crippen LogP) is 11.2. The Morgan fingerprint density at radius 1 is 0.439 bits per heavy atom. The van der Waals surface area contributed by atoms with E-state index in [2.05, 4.69) is 136 Å². The predicted molar refractivity (Wildman–Crippen MR) is 268 cm³/mol. The lowest BCUT2D eigenvalue weighted by Gasteiger charge is -2.41. The van der Waals surface area contributed by atoms with Gasteiger partial charge < -0.3 is 15.1 Å². The third-order valence-electron chi connectivity index (χ3n) is 13.6. The molecule has 2 saturated heterocycles. The third-order valence-corrected chi connectivity index (χ3v) is 13.6. The summed E-state index contributed by atoms with van der Waals surface area (Å²) in [4.78, 5) is 23.6. The average molecular weight is 868 g/mol. The van der Waals surface area contributed by atoms with Gasteiger partial charge in [0.2, 0.25) is 0 Å². The molecule has 12 rings (SSSR count). The van der Waals surface area contributed by atoms with Gasteiger partial charge in [-0.05, 0) is 118 Å². The summed E-state index contributed by atoms with van der Waals surface area (Å²) < 4.78 is 3.75. The number of nitrogens with one attached hydrogen (secondary N) is 1. The molecule has 2 aliphatic heterocycles. The molecular formula is C55H53N11. The summed E-state index contributed by atoms with van der Waals surface area (Å²) in [5.74, 6) is 0. The van der Waals surface area contributed by atoms with Gasteiger partial charge in [-0.25, -0.2) is 19.0 Å². The number of para-hydroxylation sites is 2. The Morgan fingerprint density at radius 2 is 0.879 bits per heavy atom. The van der Waals surface area contributed by atoms with Crippen LogP contribution in [-0.4, -0.2) is 76.4 Å². The summed E-state index contributed by atoms with van der Waals surface area (Å²) in [6, 6.07) is 40.2. The molecule has 0 bridgehead atoms. The fraction of sp³-hybridized carbons (Fsp3) is 0.236. The van der Waals surface area contributed by atoms with Crippen molar-refractivity contribution in [2.75, 3.05) is 22.9 Å². The molecule has 0 amide bonds. The van der Waals surface area contributed by atoms with Crippen LogP contribution < -0.4 is 15.1 Å². The molecule has 6 aromatic heterocycles. The highest BCUT2D eigenvalue weighted by Gasteiger charge is 2.26. The van der Waals surface area contributed by atoms with Gasteiger partial charge in [-0.15, -0.1) is 0 Å². The van der Waals surface area contributed by atoms with Crippen LogP contribution in [0.1, 0.15) is 47.0 Å². The minimum absolute atomic E-state index is 0.476. The van der Waals surface area contributed by atoms with Crippen LogP contribution in [0.15, 0.2) is 159 Å². The molecule has 4 aromatic carbocycles. The fourth-order valence-electron chi connectivity index (χ4n) is 10.3. The minimum Gasteiger partial charge on any atom is -0.366 e. The Balaban J connectivity index is 0.000000146. The Labute approximate surface area is 384 Å². The summed E-state index contributed by atoms with van der Waals surface area (Å²) in [6.07, 6.45) is 19.3. The molecule has 328 valence electrons. The van der Waals surface area contributed by atoms with Crippen LogP contribution in [0.3, 0.4) is 0 Å². The van der Waals surface area contributed by atoms with E-state index in [1.165, 1.54) is 30.6 Å². The summed E-state index contributed by atoms with van der Waals surface area (Å²) in [5, 5.41) is 15.0. The van der Waals surface area contributed by atoms with Gasteiger partial charge in [-0.3, -0.25) is 9.97 Å². The Morgan fingerprint density at radius 3 is 1.35 bits per heavy atom. The van der Waals surface area contributed by atoms with E-state index in [1.54, 1.807) is 0 Å².